The van der Waals surface area contributed by atoms with Gasteiger partial charge in [-0.3, -0.25) is 4.79 Å². The van der Waals surface area contributed by atoms with Crippen LogP contribution in [0.2, 0.25) is 0 Å². The molecule has 1 atom stereocenters. The minimum absolute atomic E-state index is 0.0740. The third kappa shape index (κ3) is 2.48. The highest BCUT2D eigenvalue weighted by molar-refractivity contribution is 7.91. The maximum atomic E-state index is 13.0. The number of hydrogen-bond donors (Lipinski definition) is 0. The summed E-state index contributed by atoms with van der Waals surface area (Å²) in [4.78, 5) is 12.6. The number of amides is 1. The largest absolute Gasteiger partial charge is 0.360 e. The van der Waals surface area contributed by atoms with Gasteiger partial charge in [-0.05, 0) is 31.9 Å². The number of fused-ring (bicyclic) bond motifs is 1. The monoisotopic (exact) mass is 326 g/mol. The lowest BCUT2D eigenvalue weighted by Crippen LogP contribution is -2.58. The molecule has 122 valence electrons. The average molecular weight is 326 g/mol. The molecule has 1 heterocycles. The molecule has 6 nitrogen and oxygen atoms in total. The second-order valence-corrected chi connectivity index (χ2v) is 7.57. The maximum absolute atomic E-state index is 13.0. The first-order valence-electron chi connectivity index (χ1n) is 7.23. The van der Waals surface area contributed by atoms with E-state index in [1.807, 2.05) is 13.8 Å². The van der Waals surface area contributed by atoms with E-state index in [9.17, 15) is 13.2 Å². The van der Waals surface area contributed by atoms with Crippen molar-refractivity contribution in [3.8, 4) is 0 Å². The molecule has 7 heteroatoms. The van der Waals surface area contributed by atoms with Crippen LogP contribution in [0.4, 0.5) is 5.69 Å². The average Bonchev–Trinajstić information content (AvgIpc) is 2.42. The molecule has 0 radical (unpaired) electrons. The zero-order valence-corrected chi connectivity index (χ0v) is 14.3. The lowest BCUT2D eigenvalue weighted by Gasteiger charge is -2.42. The molecule has 1 aliphatic heterocycles. The van der Waals surface area contributed by atoms with E-state index >= 15 is 0 Å². The number of hydrogen-bond acceptors (Lipinski definition) is 4. The summed E-state index contributed by atoms with van der Waals surface area (Å²) in [5.41, 5.74) is 0.735. The molecule has 0 bridgehead atoms. The van der Waals surface area contributed by atoms with Crippen molar-refractivity contribution in [3.05, 3.63) is 29.8 Å². The molecule has 0 N–H and O–H groups in total. The summed E-state index contributed by atoms with van der Waals surface area (Å²) in [6, 6.07) is 6.24. The van der Waals surface area contributed by atoms with Gasteiger partial charge >= 0.3 is 10.2 Å². The summed E-state index contributed by atoms with van der Waals surface area (Å²) in [5.74, 6) is -0.574. The van der Waals surface area contributed by atoms with Crippen molar-refractivity contribution in [2.75, 3.05) is 11.4 Å². The fourth-order valence-electron chi connectivity index (χ4n) is 2.70. The van der Waals surface area contributed by atoms with E-state index in [1.54, 1.807) is 38.1 Å². The van der Waals surface area contributed by atoms with Crippen LogP contribution in [0.5, 0.6) is 0 Å². The summed E-state index contributed by atoms with van der Waals surface area (Å²) in [5, 5.41) is 0. The molecule has 0 fully saturated rings. The van der Waals surface area contributed by atoms with Crippen molar-refractivity contribution in [2.45, 2.75) is 40.0 Å². The Bertz CT molecular complexity index is 670. The van der Waals surface area contributed by atoms with Crippen LogP contribution >= 0.6 is 0 Å². The molecule has 1 aromatic carbocycles. The van der Waals surface area contributed by atoms with Gasteiger partial charge < -0.3 is 4.74 Å². The number of methoxy groups -OCH3 is 1. The van der Waals surface area contributed by atoms with E-state index < -0.39 is 28.4 Å². The fraction of sp³-hybridized carbons (Fsp3) is 0.533. The van der Waals surface area contributed by atoms with Gasteiger partial charge in [-0.15, -0.1) is 0 Å². The van der Waals surface area contributed by atoms with Crippen LogP contribution in [0.15, 0.2) is 24.3 Å². The molecular formula is C15H22N2O4S. The third-order valence-corrected chi connectivity index (χ3v) is 5.57. The number of carbonyl (C=O) groups excluding carboxylic acids is 1. The van der Waals surface area contributed by atoms with Gasteiger partial charge in [0.25, 0.3) is 5.91 Å². The van der Waals surface area contributed by atoms with Crippen molar-refractivity contribution in [1.29, 1.82) is 0 Å². The lowest BCUT2D eigenvalue weighted by molar-refractivity contribution is 0.0686. The molecule has 22 heavy (non-hydrogen) atoms. The summed E-state index contributed by atoms with van der Waals surface area (Å²) in [6.45, 7) is 7.11. The molecule has 2 rings (SSSR count). The van der Waals surface area contributed by atoms with Gasteiger partial charge in [-0.25, -0.2) is 8.61 Å². The van der Waals surface area contributed by atoms with Gasteiger partial charge in [-0.2, -0.15) is 8.42 Å². The second-order valence-electron chi connectivity index (χ2n) is 5.89. The Hall–Kier alpha value is -1.60. The van der Waals surface area contributed by atoms with Gasteiger partial charge in [0.15, 0.2) is 0 Å². The number of para-hydroxylation sites is 1. The lowest BCUT2D eigenvalue weighted by atomic mass is 10.1. The number of ether oxygens (including phenoxy) is 1. The predicted octanol–water partition coefficient (Wildman–Crippen LogP) is 2.23. The number of nitrogens with zero attached hydrogens (tertiary/aromatic N) is 2. The van der Waals surface area contributed by atoms with Crippen LogP contribution in [0.1, 0.15) is 38.1 Å². The number of rotatable bonds is 4. The van der Waals surface area contributed by atoms with Gasteiger partial charge in [0.05, 0.1) is 11.3 Å². The molecule has 1 aliphatic rings. The summed E-state index contributed by atoms with van der Waals surface area (Å²) >= 11 is 0. The van der Waals surface area contributed by atoms with Crippen LogP contribution < -0.4 is 4.31 Å². The first-order chi connectivity index (χ1) is 10.2. The van der Waals surface area contributed by atoms with E-state index in [4.69, 9.17) is 4.74 Å². The normalized spacial score (nSPS) is 18.8. The second kappa shape index (κ2) is 5.89. The molecule has 1 amide bonds. The van der Waals surface area contributed by atoms with Crippen LogP contribution in [0.3, 0.4) is 0 Å². The van der Waals surface area contributed by atoms with Crippen molar-refractivity contribution in [2.24, 2.45) is 5.92 Å². The Morgan fingerprint density at radius 3 is 2.14 bits per heavy atom. The molecule has 1 aromatic rings. The Morgan fingerprint density at radius 2 is 1.64 bits per heavy atom. The van der Waals surface area contributed by atoms with Crippen molar-refractivity contribution >= 4 is 21.8 Å². The zero-order valence-electron chi connectivity index (χ0n) is 13.5. The molecular weight excluding hydrogens is 304 g/mol. The van der Waals surface area contributed by atoms with Gasteiger partial charge in [-0.1, -0.05) is 26.0 Å². The minimum atomic E-state index is -3.99. The van der Waals surface area contributed by atoms with E-state index in [2.05, 4.69) is 0 Å². The molecule has 0 aromatic heterocycles. The Morgan fingerprint density at radius 1 is 1.05 bits per heavy atom. The molecule has 0 saturated carbocycles. The van der Waals surface area contributed by atoms with Crippen molar-refractivity contribution in [3.63, 3.8) is 0 Å². The Labute approximate surface area is 131 Å². The van der Waals surface area contributed by atoms with E-state index in [0.29, 0.717) is 11.3 Å². The molecule has 0 spiro atoms. The summed E-state index contributed by atoms with van der Waals surface area (Å²) in [7, 11) is -2.52. The Balaban J connectivity index is 2.74. The SMILES string of the molecule is COC(C(C)C)N1c2ccccc2C(=O)N(C(C)C)S1(=O)=O. The highest BCUT2D eigenvalue weighted by Crippen LogP contribution is 2.36. The van der Waals surface area contributed by atoms with Crippen molar-refractivity contribution < 1.29 is 17.9 Å². The van der Waals surface area contributed by atoms with Crippen LogP contribution in [0.25, 0.3) is 0 Å². The quantitative estimate of drug-likeness (QED) is 0.851. The topological polar surface area (TPSA) is 66.9 Å². The van der Waals surface area contributed by atoms with Crippen LogP contribution in [-0.4, -0.2) is 38.0 Å². The van der Waals surface area contributed by atoms with Crippen LogP contribution in [0, 0.1) is 5.92 Å². The first kappa shape index (κ1) is 16.8. The number of carbonyl (C=O) groups is 1. The first-order valence-corrected chi connectivity index (χ1v) is 8.63. The Kier molecular flexibility index (Phi) is 4.49. The van der Waals surface area contributed by atoms with Crippen molar-refractivity contribution in [1.82, 2.24) is 4.31 Å². The molecule has 0 saturated heterocycles. The molecule has 0 aliphatic carbocycles. The standard InChI is InChI=1S/C15H22N2O4S/c1-10(2)15(21-5)17-13-9-7-6-8-12(13)14(18)16(11(3)4)22(17,19)20/h6-11,15H,1-5H3. The van der Waals surface area contributed by atoms with Gasteiger partial charge in [0, 0.05) is 13.2 Å². The predicted molar refractivity (Wildman–Crippen MR) is 84.8 cm³/mol. The smallest absolute Gasteiger partial charge is 0.331 e. The zero-order chi connectivity index (χ0) is 16.7. The van der Waals surface area contributed by atoms with E-state index in [0.717, 1.165) is 4.31 Å². The highest BCUT2D eigenvalue weighted by atomic mass is 32.2. The van der Waals surface area contributed by atoms with Gasteiger partial charge in [0.2, 0.25) is 0 Å². The third-order valence-electron chi connectivity index (χ3n) is 3.58. The van der Waals surface area contributed by atoms with Gasteiger partial charge in [0.1, 0.15) is 6.23 Å². The summed E-state index contributed by atoms with van der Waals surface area (Å²) < 4.78 is 33.5. The highest BCUT2D eigenvalue weighted by Gasteiger charge is 2.46. The van der Waals surface area contributed by atoms with Crippen LogP contribution in [-0.2, 0) is 14.9 Å². The number of anilines is 1. The number of benzene rings is 1. The fourth-order valence-corrected chi connectivity index (χ4v) is 4.73. The van der Waals surface area contributed by atoms with E-state index in [-0.39, 0.29) is 5.92 Å². The van der Waals surface area contributed by atoms with E-state index in [1.165, 1.54) is 11.4 Å². The minimum Gasteiger partial charge on any atom is -0.360 e. The summed E-state index contributed by atoms with van der Waals surface area (Å²) in [6.07, 6.45) is -0.680. The molecule has 1 unspecified atom stereocenters. The maximum Gasteiger partial charge on any atom is 0.331 e.